The van der Waals surface area contributed by atoms with Gasteiger partial charge in [-0.2, -0.15) is 0 Å². The van der Waals surface area contributed by atoms with Gasteiger partial charge in [0, 0.05) is 10.0 Å². The molecule has 94 valence electrons. The number of hydrogen-bond donors (Lipinski definition) is 1. The first-order chi connectivity index (χ1) is 8.02. The lowest BCUT2D eigenvalue weighted by Gasteiger charge is -2.14. The van der Waals surface area contributed by atoms with Crippen molar-refractivity contribution in [2.24, 2.45) is 0 Å². The van der Waals surface area contributed by atoms with Gasteiger partial charge in [-0.1, -0.05) is 23.2 Å². The van der Waals surface area contributed by atoms with Crippen molar-refractivity contribution in [3.63, 3.8) is 0 Å². The van der Waals surface area contributed by atoms with Crippen LogP contribution in [0, 0.1) is 0 Å². The van der Waals surface area contributed by atoms with Crippen molar-refractivity contribution in [3.8, 4) is 5.75 Å². The molecule has 1 unspecified atom stereocenters. The molecule has 0 radical (unpaired) electrons. The van der Waals surface area contributed by atoms with E-state index >= 15 is 0 Å². The first-order valence-corrected chi connectivity index (χ1v) is 5.83. The second-order valence-electron chi connectivity index (χ2n) is 3.26. The fraction of sp³-hybridized carbons (Fsp3) is 0.364. The summed E-state index contributed by atoms with van der Waals surface area (Å²) in [5.74, 6) is 0.0598. The van der Waals surface area contributed by atoms with E-state index in [1.165, 1.54) is 0 Å². The minimum atomic E-state index is -0.698. The summed E-state index contributed by atoms with van der Waals surface area (Å²) in [5, 5.41) is 0.898. The molecule has 0 bridgehead atoms. The number of ether oxygens (including phenoxy) is 1. The van der Waals surface area contributed by atoms with Crippen LogP contribution < -0.4 is 10.2 Å². The monoisotopic (exact) mass is 277 g/mol. The van der Waals surface area contributed by atoms with Crippen molar-refractivity contribution in [1.82, 2.24) is 5.48 Å². The van der Waals surface area contributed by atoms with Crippen molar-refractivity contribution >= 4 is 29.1 Å². The number of halogens is 2. The molecule has 1 N–H and O–H groups in total. The first-order valence-electron chi connectivity index (χ1n) is 5.07. The molecule has 4 nitrogen and oxygen atoms in total. The normalized spacial score (nSPS) is 12.0. The van der Waals surface area contributed by atoms with Crippen LogP contribution in [0.3, 0.4) is 0 Å². The summed E-state index contributed by atoms with van der Waals surface area (Å²) < 4.78 is 5.37. The molecule has 0 heterocycles. The second-order valence-corrected chi connectivity index (χ2v) is 4.14. The van der Waals surface area contributed by atoms with Crippen LogP contribution in [0.2, 0.25) is 10.0 Å². The molecule has 0 spiro atoms. The Labute approximate surface area is 110 Å². The molecular weight excluding hydrogens is 265 g/mol. The van der Waals surface area contributed by atoms with Crippen molar-refractivity contribution in [2.75, 3.05) is 6.61 Å². The minimum Gasteiger partial charge on any atom is -0.481 e. The lowest BCUT2D eigenvalue weighted by Crippen LogP contribution is -2.36. The predicted molar refractivity (Wildman–Crippen MR) is 66.3 cm³/mol. The molecule has 0 aromatic heterocycles. The molecule has 1 aromatic rings. The molecule has 17 heavy (non-hydrogen) atoms. The lowest BCUT2D eigenvalue weighted by atomic mass is 10.3. The summed E-state index contributed by atoms with van der Waals surface area (Å²) in [5.41, 5.74) is 2.25. The summed E-state index contributed by atoms with van der Waals surface area (Å²) >= 11 is 11.6. The summed E-state index contributed by atoms with van der Waals surface area (Å²) in [4.78, 5) is 16.2. The maximum Gasteiger partial charge on any atom is 0.284 e. The van der Waals surface area contributed by atoms with Crippen LogP contribution in [0.1, 0.15) is 13.8 Å². The van der Waals surface area contributed by atoms with Gasteiger partial charge < -0.3 is 4.74 Å². The maximum atomic E-state index is 11.4. The Balaban J connectivity index is 2.60. The molecule has 1 rings (SSSR count). The van der Waals surface area contributed by atoms with Gasteiger partial charge in [0.2, 0.25) is 0 Å². The fourth-order valence-electron chi connectivity index (χ4n) is 1.08. The number of hydrogen-bond acceptors (Lipinski definition) is 3. The van der Waals surface area contributed by atoms with Gasteiger partial charge in [-0.25, -0.2) is 5.48 Å². The zero-order valence-corrected chi connectivity index (χ0v) is 11.0. The second kappa shape index (κ2) is 6.69. The van der Waals surface area contributed by atoms with Gasteiger partial charge in [-0.15, -0.1) is 0 Å². The molecule has 0 saturated carbocycles. The van der Waals surface area contributed by atoms with Crippen LogP contribution in [0.15, 0.2) is 18.2 Å². The van der Waals surface area contributed by atoms with Crippen LogP contribution in [0.5, 0.6) is 5.75 Å². The van der Waals surface area contributed by atoms with E-state index in [9.17, 15) is 4.79 Å². The highest BCUT2D eigenvalue weighted by Crippen LogP contribution is 2.24. The molecule has 1 atom stereocenters. The van der Waals surface area contributed by atoms with Crippen LogP contribution in [-0.4, -0.2) is 18.6 Å². The number of nitrogens with one attached hydrogen (secondary N) is 1. The number of benzene rings is 1. The smallest absolute Gasteiger partial charge is 0.284 e. The fourth-order valence-corrected chi connectivity index (χ4v) is 1.59. The zero-order chi connectivity index (χ0) is 12.8. The first kappa shape index (κ1) is 14.1. The Morgan fingerprint density at radius 2 is 1.94 bits per heavy atom. The Bertz CT molecular complexity index is 378. The predicted octanol–water partition coefficient (Wildman–Crippen LogP) is 2.83. The molecule has 1 amide bonds. The number of carbonyl (C=O) groups excluding carboxylic acids is 1. The lowest BCUT2D eigenvalue weighted by molar-refractivity contribution is -0.139. The third kappa shape index (κ3) is 4.81. The zero-order valence-electron chi connectivity index (χ0n) is 9.50. The number of rotatable bonds is 5. The van der Waals surface area contributed by atoms with Gasteiger partial charge >= 0.3 is 0 Å². The maximum absolute atomic E-state index is 11.4. The number of carbonyl (C=O) groups is 1. The van der Waals surface area contributed by atoms with Gasteiger partial charge in [0.25, 0.3) is 5.91 Å². The largest absolute Gasteiger partial charge is 0.481 e. The van der Waals surface area contributed by atoms with E-state index in [1.807, 2.05) is 0 Å². The molecule has 0 aliphatic carbocycles. The Kier molecular flexibility index (Phi) is 5.55. The summed E-state index contributed by atoms with van der Waals surface area (Å²) in [6, 6.07) is 4.75. The SMILES string of the molecule is CCONC(=O)C(C)Oc1cc(Cl)cc(Cl)c1. The van der Waals surface area contributed by atoms with Crippen LogP contribution in [0.4, 0.5) is 0 Å². The van der Waals surface area contributed by atoms with Gasteiger partial charge in [0.1, 0.15) is 5.75 Å². The Morgan fingerprint density at radius 3 is 2.47 bits per heavy atom. The van der Waals surface area contributed by atoms with E-state index in [1.54, 1.807) is 32.0 Å². The quantitative estimate of drug-likeness (QED) is 0.842. The molecule has 0 saturated heterocycles. The van der Waals surface area contributed by atoms with E-state index < -0.39 is 6.10 Å². The minimum absolute atomic E-state index is 0.372. The summed E-state index contributed by atoms with van der Waals surface area (Å²) in [7, 11) is 0. The summed E-state index contributed by atoms with van der Waals surface area (Å²) in [6.45, 7) is 3.76. The highest BCUT2D eigenvalue weighted by atomic mass is 35.5. The van der Waals surface area contributed by atoms with E-state index in [4.69, 9.17) is 32.8 Å². The summed E-state index contributed by atoms with van der Waals surface area (Å²) in [6.07, 6.45) is -0.698. The number of hydroxylamine groups is 1. The Morgan fingerprint density at radius 1 is 1.35 bits per heavy atom. The van der Waals surface area contributed by atoms with Crippen LogP contribution in [-0.2, 0) is 9.63 Å². The number of amides is 1. The van der Waals surface area contributed by atoms with E-state index in [-0.39, 0.29) is 5.91 Å². The van der Waals surface area contributed by atoms with Crippen LogP contribution in [0.25, 0.3) is 0 Å². The molecular formula is C11H13Cl2NO3. The topological polar surface area (TPSA) is 47.6 Å². The van der Waals surface area contributed by atoms with E-state index in [0.29, 0.717) is 22.4 Å². The molecule has 0 aliphatic rings. The van der Waals surface area contributed by atoms with Gasteiger partial charge in [-0.3, -0.25) is 9.63 Å². The van der Waals surface area contributed by atoms with Crippen molar-refractivity contribution < 1.29 is 14.4 Å². The Hall–Kier alpha value is -0.970. The van der Waals surface area contributed by atoms with E-state index in [0.717, 1.165) is 0 Å². The molecule has 6 heteroatoms. The van der Waals surface area contributed by atoms with Crippen molar-refractivity contribution in [3.05, 3.63) is 28.2 Å². The van der Waals surface area contributed by atoms with Gasteiger partial charge in [-0.05, 0) is 32.0 Å². The van der Waals surface area contributed by atoms with Crippen molar-refractivity contribution in [1.29, 1.82) is 0 Å². The average Bonchev–Trinajstić information content (AvgIpc) is 2.24. The molecule has 1 aromatic carbocycles. The molecule has 0 aliphatic heterocycles. The highest BCUT2D eigenvalue weighted by Gasteiger charge is 2.14. The van der Waals surface area contributed by atoms with E-state index in [2.05, 4.69) is 5.48 Å². The highest BCUT2D eigenvalue weighted by molar-refractivity contribution is 6.34. The standard InChI is InChI=1S/C11H13Cl2NO3/c1-3-16-14-11(15)7(2)17-10-5-8(12)4-9(13)6-10/h4-7H,3H2,1-2H3,(H,14,15). The van der Waals surface area contributed by atoms with Gasteiger partial charge in [0.15, 0.2) is 6.10 Å². The molecule has 0 fully saturated rings. The van der Waals surface area contributed by atoms with Crippen molar-refractivity contribution in [2.45, 2.75) is 20.0 Å². The third-order valence-corrected chi connectivity index (χ3v) is 2.27. The van der Waals surface area contributed by atoms with Crippen LogP contribution >= 0.6 is 23.2 Å². The third-order valence-electron chi connectivity index (χ3n) is 1.84. The van der Waals surface area contributed by atoms with Gasteiger partial charge in [0.05, 0.1) is 6.61 Å². The average molecular weight is 278 g/mol.